The number of hydrogen-bond acceptors (Lipinski definition) is 7. The third kappa shape index (κ3) is 4.44. The average molecular weight is 446 g/mol. The van der Waals surface area contributed by atoms with Crippen molar-refractivity contribution in [1.29, 1.82) is 0 Å². The van der Waals surface area contributed by atoms with E-state index in [4.69, 9.17) is 16.3 Å². The second-order valence-corrected chi connectivity index (χ2v) is 9.33. The Morgan fingerprint density at radius 1 is 1.24 bits per heavy atom. The monoisotopic (exact) mass is 445 g/mol. The maximum atomic E-state index is 12.8. The molecule has 1 aliphatic rings. The van der Waals surface area contributed by atoms with E-state index in [1.165, 1.54) is 23.1 Å². The highest BCUT2D eigenvalue weighted by Crippen LogP contribution is 2.32. The van der Waals surface area contributed by atoms with Crippen LogP contribution in [0.4, 0.5) is 5.13 Å². The summed E-state index contributed by atoms with van der Waals surface area (Å²) in [6.07, 6.45) is 0.303. The maximum absolute atomic E-state index is 12.8. The van der Waals surface area contributed by atoms with E-state index in [0.29, 0.717) is 27.9 Å². The van der Waals surface area contributed by atoms with Crippen molar-refractivity contribution < 1.29 is 14.3 Å². The van der Waals surface area contributed by atoms with E-state index in [2.05, 4.69) is 15.5 Å². The number of anilines is 1. The lowest BCUT2D eigenvalue weighted by Gasteiger charge is -2.32. The van der Waals surface area contributed by atoms with Gasteiger partial charge in [0.25, 0.3) is 5.91 Å². The van der Waals surface area contributed by atoms with Gasteiger partial charge in [0.1, 0.15) is 0 Å². The number of thioether (sulfide) groups is 1. The van der Waals surface area contributed by atoms with Gasteiger partial charge in [-0.3, -0.25) is 10.1 Å². The minimum absolute atomic E-state index is 0.303. The van der Waals surface area contributed by atoms with Crippen LogP contribution in [0.1, 0.15) is 28.4 Å². The van der Waals surface area contributed by atoms with Crippen LogP contribution in [0, 0.1) is 0 Å². The first-order valence-electron chi connectivity index (χ1n) is 8.76. The number of ether oxygens (including phenoxy) is 1. The van der Waals surface area contributed by atoms with Gasteiger partial charge in [0.05, 0.1) is 5.56 Å². The van der Waals surface area contributed by atoms with Crippen LogP contribution in [0.3, 0.4) is 0 Å². The van der Waals surface area contributed by atoms with Gasteiger partial charge in [0.2, 0.25) is 5.13 Å². The van der Waals surface area contributed by atoms with Crippen molar-refractivity contribution in [2.45, 2.75) is 29.0 Å². The summed E-state index contributed by atoms with van der Waals surface area (Å²) in [6, 6.07) is 14.7. The number of halogens is 1. The summed E-state index contributed by atoms with van der Waals surface area (Å²) in [5.41, 5.74) is 1.10. The van der Waals surface area contributed by atoms with E-state index in [1.807, 2.05) is 36.4 Å². The topological polar surface area (TPSA) is 81.2 Å². The summed E-state index contributed by atoms with van der Waals surface area (Å²) in [5, 5.41) is 11.9. The van der Waals surface area contributed by atoms with Gasteiger partial charge in [0, 0.05) is 17.2 Å². The normalized spacial score (nSPS) is 18.1. The predicted molar refractivity (Wildman–Crippen MR) is 114 cm³/mol. The zero-order valence-corrected chi connectivity index (χ0v) is 17.7. The van der Waals surface area contributed by atoms with Crippen LogP contribution in [0.2, 0.25) is 5.02 Å². The first kappa shape index (κ1) is 19.9. The van der Waals surface area contributed by atoms with E-state index in [1.54, 1.807) is 19.1 Å². The number of aromatic nitrogens is 2. The molecular weight excluding hydrogens is 430 g/mol. The van der Waals surface area contributed by atoms with Crippen molar-refractivity contribution in [3.8, 4) is 0 Å². The van der Waals surface area contributed by atoms with Gasteiger partial charge in [-0.2, -0.15) is 0 Å². The van der Waals surface area contributed by atoms with Crippen molar-refractivity contribution in [3.05, 3.63) is 70.2 Å². The van der Waals surface area contributed by atoms with Crippen LogP contribution in [0.25, 0.3) is 0 Å². The number of benzene rings is 2. The summed E-state index contributed by atoms with van der Waals surface area (Å²) in [5.74, 6) is -0.210. The number of nitrogens with zero attached hydrogens (tertiary/aromatic N) is 2. The molecule has 4 rings (SSSR count). The van der Waals surface area contributed by atoms with Crippen LogP contribution in [0.5, 0.6) is 0 Å². The van der Waals surface area contributed by atoms with Gasteiger partial charge in [-0.15, -0.1) is 10.2 Å². The summed E-state index contributed by atoms with van der Waals surface area (Å²) < 4.78 is 6.17. The molecule has 0 saturated heterocycles. The van der Waals surface area contributed by atoms with Gasteiger partial charge < -0.3 is 4.74 Å². The first-order chi connectivity index (χ1) is 13.9. The quantitative estimate of drug-likeness (QED) is 0.351. The fourth-order valence-electron chi connectivity index (χ4n) is 2.93. The number of carbonyl (C=O) groups excluding carboxylic acids is 2. The largest absolute Gasteiger partial charge is 0.445 e. The van der Waals surface area contributed by atoms with E-state index < -0.39 is 17.5 Å². The highest BCUT2D eigenvalue weighted by molar-refractivity contribution is 8.00. The number of nitrogens with one attached hydrogen (secondary N) is 1. The minimum atomic E-state index is -1.30. The molecule has 1 N–H and O–H groups in total. The molecular formula is C20H16ClN3O3S2. The molecule has 0 radical (unpaired) electrons. The Labute approximate surface area is 180 Å². The van der Waals surface area contributed by atoms with Gasteiger partial charge in [0.15, 0.2) is 9.94 Å². The number of rotatable bonds is 5. The van der Waals surface area contributed by atoms with E-state index in [9.17, 15) is 9.59 Å². The molecule has 0 saturated carbocycles. The summed E-state index contributed by atoms with van der Waals surface area (Å²) in [6.45, 7) is 1.60. The average Bonchev–Trinajstić information content (AvgIpc) is 3.15. The molecule has 0 spiro atoms. The molecule has 2 aromatic carbocycles. The Morgan fingerprint density at radius 3 is 2.79 bits per heavy atom. The zero-order chi connectivity index (χ0) is 20.4. The summed E-state index contributed by atoms with van der Waals surface area (Å²) in [7, 11) is 0. The van der Waals surface area contributed by atoms with Crippen molar-refractivity contribution >= 4 is 51.7 Å². The van der Waals surface area contributed by atoms with Crippen LogP contribution in [-0.4, -0.2) is 27.7 Å². The Balaban J connectivity index is 1.40. The molecule has 0 aliphatic carbocycles. The van der Waals surface area contributed by atoms with E-state index in [0.717, 1.165) is 15.5 Å². The molecule has 1 amide bonds. The lowest BCUT2D eigenvalue weighted by atomic mass is 9.89. The third-order valence-corrected chi connectivity index (χ3v) is 6.76. The minimum Gasteiger partial charge on any atom is -0.445 e. The van der Waals surface area contributed by atoms with Crippen LogP contribution < -0.4 is 5.32 Å². The fraction of sp³-hybridized carbons (Fsp3) is 0.200. The molecule has 1 aromatic heterocycles. The second kappa shape index (κ2) is 8.14. The Bertz CT molecular complexity index is 1070. The third-order valence-electron chi connectivity index (χ3n) is 4.47. The molecule has 0 fully saturated rings. The molecule has 0 bridgehead atoms. The molecule has 1 unspecified atom stereocenters. The van der Waals surface area contributed by atoms with E-state index in [-0.39, 0.29) is 0 Å². The highest BCUT2D eigenvalue weighted by atomic mass is 35.5. The molecule has 1 aliphatic heterocycles. The van der Waals surface area contributed by atoms with Crippen LogP contribution >= 0.6 is 34.7 Å². The fourth-order valence-corrected chi connectivity index (χ4v) is 4.76. The van der Waals surface area contributed by atoms with Gasteiger partial charge >= 0.3 is 5.97 Å². The first-order valence-corrected chi connectivity index (χ1v) is 10.9. The molecule has 9 heteroatoms. The number of fused-ring (bicyclic) bond motifs is 1. The maximum Gasteiger partial charge on any atom is 0.339 e. The molecule has 148 valence electrons. The Morgan fingerprint density at radius 2 is 2.00 bits per heavy atom. The lowest BCUT2D eigenvalue weighted by molar-refractivity contribution is -0.134. The Hall–Kier alpha value is -2.42. The predicted octanol–water partition coefficient (Wildman–Crippen LogP) is 4.59. The van der Waals surface area contributed by atoms with Crippen LogP contribution in [0.15, 0.2) is 52.9 Å². The lowest BCUT2D eigenvalue weighted by Crippen LogP contribution is -2.48. The molecule has 3 aromatic rings. The SMILES string of the molecule is CC1(C(=O)Nc2nnc(SCc3ccc(Cl)cc3)s2)Cc2ccccc2C(=O)O1. The van der Waals surface area contributed by atoms with Crippen molar-refractivity contribution in [1.82, 2.24) is 10.2 Å². The number of cyclic esters (lactones) is 1. The standard InChI is InChI=1S/C20H16ClN3O3S2/c1-20(10-13-4-2-3-5-15(13)16(25)27-20)17(26)22-18-23-24-19(29-18)28-11-12-6-8-14(21)9-7-12/h2-9H,10-11H2,1H3,(H,22,23,26). The molecule has 2 heterocycles. The summed E-state index contributed by atoms with van der Waals surface area (Å²) >= 11 is 8.69. The smallest absolute Gasteiger partial charge is 0.339 e. The van der Waals surface area contributed by atoms with Crippen molar-refractivity contribution in [2.24, 2.45) is 0 Å². The number of hydrogen-bond donors (Lipinski definition) is 1. The number of carbonyl (C=O) groups is 2. The summed E-state index contributed by atoms with van der Waals surface area (Å²) in [4.78, 5) is 25.1. The molecule has 1 atom stereocenters. The zero-order valence-electron chi connectivity index (χ0n) is 15.3. The number of amides is 1. The van der Waals surface area contributed by atoms with E-state index >= 15 is 0 Å². The second-order valence-electron chi connectivity index (χ2n) is 6.70. The molecule has 6 nitrogen and oxygen atoms in total. The number of esters is 1. The van der Waals surface area contributed by atoms with Crippen molar-refractivity contribution in [3.63, 3.8) is 0 Å². The van der Waals surface area contributed by atoms with Gasteiger partial charge in [-0.1, -0.05) is 65.0 Å². The van der Waals surface area contributed by atoms with Gasteiger partial charge in [-0.05, 0) is 36.2 Å². The van der Waals surface area contributed by atoms with Crippen molar-refractivity contribution in [2.75, 3.05) is 5.32 Å². The molecule has 29 heavy (non-hydrogen) atoms. The van der Waals surface area contributed by atoms with Crippen LogP contribution in [-0.2, 0) is 21.7 Å². The Kier molecular flexibility index (Phi) is 5.58. The highest BCUT2D eigenvalue weighted by Gasteiger charge is 2.43. The van der Waals surface area contributed by atoms with Gasteiger partial charge in [-0.25, -0.2) is 4.79 Å².